The van der Waals surface area contributed by atoms with Crippen molar-refractivity contribution < 1.29 is 13.2 Å². The molecule has 0 aliphatic rings. The smallest absolute Gasteiger partial charge is 0.149 e. The third kappa shape index (κ3) is 3.68. The van der Waals surface area contributed by atoms with Crippen molar-refractivity contribution in [1.82, 2.24) is 0 Å². The average molecular weight is 263 g/mol. The molecule has 0 aromatic heterocycles. The number of ether oxygens (including phenoxy) is 1. The minimum absolute atomic E-state index is 0.0552. The summed E-state index contributed by atoms with van der Waals surface area (Å²) in [6, 6.07) is 5.43. The molecule has 0 radical (unpaired) electrons. The van der Waals surface area contributed by atoms with Crippen molar-refractivity contribution in [2.45, 2.75) is 12.3 Å². The van der Waals surface area contributed by atoms with Gasteiger partial charge in [-0.3, -0.25) is 0 Å². The largest absolute Gasteiger partial charge is 0.496 e. The number of methoxy groups -OCH3 is 1. The van der Waals surface area contributed by atoms with E-state index in [0.29, 0.717) is 0 Å². The van der Waals surface area contributed by atoms with Gasteiger partial charge in [0.1, 0.15) is 15.6 Å². The standard InChI is InChI=1S/C11H15ClO3S/c1-8-6-9(4-5-11(8)15-2)10(12)7-16(3,13)14/h4-6,10H,7H2,1-3H3. The molecule has 1 rings (SSSR count). The van der Waals surface area contributed by atoms with Crippen LogP contribution in [0.1, 0.15) is 16.5 Å². The van der Waals surface area contributed by atoms with E-state index in [1.807, 2.05) is 13.0 Å². The third-order valence-corrected chi connectivity index (χ3v) is 3.76. The van der Waals surface area contributed by atoms with Crippen LogP contribution in [0.3, 0.4) is 0 Å². The highest BCUT2D eigenvalue weighted by Gasteiger charge is 2.15. The summed E-state index contributed by atoms with van der Waals surface area (Å²) in [5.41, 5.74) is 1.74. The van der Waals surface area contributed by atoms with Crippen molar-refractivity contribution in [3.63, 3.8) is 0 Å². The van der Waals surface area contributed by atoms with Crippen LogP contribution in [0.15, 0.2) is 18.2 Å². The second-order valence-corrected chi connectivity index (χ2v) is 6.50. The summed E-state index contributed by atoms with van der Waals surface area (Å²) in [4.78, 5) is 0. The summed E-state index contributed by atoms with van der Waals surface area (Å²) < 4.78 is 27.3. The fourth-order valence-corrected chi connectivity index (χ4v) is 3.00. The van der Waals surface area contributed by atoms with Crippen LogP contribution in [0.2, 0.25) is 0 Å². The Morgan fingerprint density at radius 3 is 2.50 bits per heavy atom. The monoisotopic (exact) mass is 262 g/mol. The quantitative estimate of drug-likeness (QED) is 0.783. The van der Waals surface area contributed by atoms with Crippen molar-refractivity contribution in [1.29, 1.82) is 0 Å². The van der Waals surface area contributed by atoms with Crippen LogP contribution in [0.4, 0.5) is 0 Å². The van der Waals surface area contributed by atoms with Crippen LogP contribution in [0.5, 0.6) is 5.75 Å². The molecular weight excluding hydrogens is 248 g/mol. The Morgan fingerprint density at radius 1 is 1.44 bits per heavy atom. The van der Waals surface area contributed by atoms with E-state index >= 15 is 0 Å². The molecule has 0 N–H and O–H groups in total. The number of aryl methyl sites for hydroxylation is 1. The lowest BCUT2D eigenvalue weighted by Crippen LogP contribution is -2.09. The molecule has 0 fully saturated rings. The Hall–Kier alpha value is -0.740. The molecule has 3 nitrogen and oxygen atoms in total. The lowest BCUT2D eigenvalue weighted by molar-refractivity contribution is 0.411. The Kier molecular flexibility index (Phi) is 4.21. The molecule has 0 saturated heterocycles. The number of benzene rings is 1. The summed E-state index contributed by atoms with van der Waals surface area (Å²) in [5, 5.41) is -0.514. The molecule has 1 unspecified atom stereocenters. The highest BCUT2D eigenvalue weighted by atomic mass is 35.5. The van der Waals surface area contributed by atoms with Crippen molar-refractivity contribution >= 4 is 21.4 Å². The van der Waals surface area contributed by atoms with E-state index in [9.17, 15) is 8.42 Å². The minimum atomic E-state index is -3.06. The van der Waals surface area contributed by atoms with Gasteiger partial charge in [-0.05, 0) is 24.1 Å². The van der Waals surface area contributed by atoms with Crippen LogP contribution in [-0.2, 0) is 9.84 Å². The minimum Gasteiger partial charge on any atom is -0.496 e. The number of hydrogen-bond donors (Lipinski definition) is 0. The normalized spacial score (nSPS) is 13.5. The zero-order valence-corrected chi connectivity index (χ0v) is 11.1. The summed E-state index contributed by atoms with van der Waals surface area (Å²) in [5.74, 6) is 0.715. The third-order valence-electron chi connectivity index (χ3n) is 2.23. The molecule has 0 spiro atoms. The highest BCUT2D eigenvalue weighted by molar-refractivity contribution is 7.90. The van der Waals surface area contributed by atoms with E-state index in [1.165, 1.54) is 6.26 Å². The Morgan fingerprint density at radius 2 is 2.06 bits per heavy atom. The summed E-state index contributed by atoms with van der Waals surface area (Å²) in [7, 11) is -1.47. The first kappa shape index (κ1) is 13.3. The van der Waals surface area contributed by atoms with E-state index < -0.39 is 15.2 Å². The van der Waals surface area contributed by atoms with Gasteiger partial charge >= 0.3 is 0 Å². The Bertz CT molecular complexity index is 468. The molecule has 0 saturated carbocycles. The SMILES string of the molecule is COc1ccc(C(Cl)CS(C)(=O)=O)cc1C. The van der Waals surface area contributed by atoms with Gasteiger partial charge in [-0.2, -0.15) is 0 Å². The van der Waals surface area contributed by atoms with Crippen molar-refractivity contribution in [2.75, 3.05) is 19.1 Å². The second-order valence-electron chi connectivity index (χ2n) is 3.79. The van der Waals surface area contributed by atoms with E-state index in [0.717, 1.165) is 16.9 Å². The zero-order valence-electron chi connectivity index (χ0n) is 9.53. The van der Waals surface area contributed by atoms with Gasteiger partial charge in [0.05, 0.1) is 18.2 Å². The first-order valence-electron chi connectivity index (χ1n) is 4.80. The molecular formula is C11H15ClO3S. The maximum Gasteiger partial charge on any atom is 0.149 e. The van der Waals surface area contributed by atoms with Gasteiger partial charge in [-0.1, -0.05) is 12.1 Å². The van der Waals surface area contributed by atoms with Crippen LogP contribution in [0.25, 0.3) is 0 Å². The van der Waals surface area contributed by atoms with Gasteiger partial charge in [0, 0.05) is 6.26 Å². The molecule has 1 atom stereocenters. The molecule has 1 aromatic rings. The van der Waals surface area contributed by atoms with Crippen molar-refractivity contribution in [3.05, 3.63) is 29.3 Å². The maximum absolute atomic E-state index is 11.1. The molecule has 5 heteroatoms. The molecule has 90 valence electrons. The Labute approximate surface area is 101 Å². The lowest BCUT2D eigenvalue weighted by Gasteiger charge is -2.11. The zero-order chi connectivity index (χ0) is 12.3. The number of rotatable bonds is 4. The van der Waals surface area contributed by atoms with Gasteiger partial charge in [0.15, 0.2) is 0 Å². The van der Waals surface area contributed by atoms with Crippen LogP contribution in [0, 0.1) is 6.92 Å². The molecule has 16 heavy (non-hydrogen) atoms. The van der Waals surface area contributed by atoms with Gasteiger partial charge in [0.2, 0.25) is 0 Å². The van der Waals surface area contributed by atoms with Gasteiger partial charge in [-0.25, -0.2) is 8.42 Å². The van der Waals surface area contributed by atoms with Gasteiger partial charge < -0.3 is 4.74 Å². The molecule has 0 bridgehead atoms. The molecule has 0 amide bonds. The average Bonchev–Trinajstić information content (AvgIpc) is 2.15. The fourth-order valence-electron chi connectivity index (χ4n) is 1.46. The van der Waals surface area contributed by atoms with Gasteiger partial charge in [0.25, 0.3) is 0 Å². The Balaban J connectivity index is 2.93. The number of halogens is 1. The first-order valence-corrected chi connectivity index (χ1v) is 7.29. The van der Waals surface area contributed by atoms with E-state index in [4.69, 9.17) is 16.3 Å². The van der Waals surface area contributed by atoms with E-state index in [2.05, 4.69) is 0 Å². The maximum atomic E-state index is 11.1. The molecule has 0 heterocycles. The fraction of sp³-hybridized carbons (Fsp3) is 0.455. The number of sulfone groups is 1. The van der Waals surface area contributed by atoms with Crippen LogP contribution < -0.4 is 4.74 Å². The van der Waals surface area contributed by atoms with Crippen LogP contribution in [-0.4, -0.2) is 27.5 Å². The van der Waals surface area contributed by atoms with Gasteiger partial charge in [-0.15, -0.1) is 11.6 Å². The summed E-state index contributed by atoms with van der Waals surface area (Å²) in [6.07, 6.45) is 1.18. The summed E-state index contributed by atoms with van der Waals surface area (Å²) in [6.45, 7) is 1.90. The molecule has 1 aromatic carbocycles. The summed E-state index contributed by atoms with van der Waals surface area (Å²) >= 11 is 6.04. The van der Waals surface area contributed by atoms with Crippen molar-refractivity contribution in [3.8, 4) is 5.75 Å². The topological polar surface area (TPSA) is 43.4 Å². The second kappa shape index (κ2) is 5.06. The number of alkyl halides is 1. The first-order chi connectivity index (χ1) is 7.33. The lowest BCUT2D eigenvalue weighted by atomic mass is 10.1. The molecule has 0 aliphatic carbocycles. The number of hydrogen-bond acceptors (Lipinski definition) is 3. The predicted octanol–water partition coefficient (Wildman–Crippen LogP) is 2.33. The van der Waals surface area contributed by atoms with E-state index in [1.54, 1.807) is 19.2 Å². The van der Waals surface area contributed by atoms with E-state index in [-0.39, 0.29) is 5.75 Å². The van der Waals surface area contributed by atoms with Crippen LogP contribution >= 0.6 is 11.6 Å². The highest BCUT2D eigenvalue weighted by Crippen LogP contribution is 2.27. The molecule has 0 aliphatic heterocycles. The van der Waals surface area contributed by atoms with Crippen molar-refractivity contribution in [2.24, 2.45) is 0 Å². The predicted molar refractivity (Wildman–Crippen MR) is 66.0 cm³/mol.